The molecule has 9 nitrogen and oxygen atoms in total. The molecule has 1 aromatic heterocycles. The number of nitro benzene ring substituents is 1. The number of amides is 1. The van der Waals surface area contributed by atoms with Crippen molar-refractivity contribution in [1.29, 1.82) is 0 Å². The molecule has 1 fully saturated rings. The maximum atomic E-state index is 12.8. The number of aromatic nitrogens is 2. The van der Waals surface area contributed by atoms with E-state index in [2.05, 4.69) is 15.0 Å². The highest BCUT2D eigenvalue weighted by Crippen LogP contribution is 2.25. The molecule has 10 heteroatoms. The molecule has 2 aromatic carbocycles. The standard InChI is InChI=1S/C21H20ClN5O4/c1-14(20-23-19(24-31-20)15-6-8-16(22)9-7-15)25-10-12-26(13-11-25)21(28)17-4-2-3-5-18(17)27(29)30/h2-9,14H,10-13H2,1H3. The Bertz CT molecular complexity index is 1090. The zero-order valence-electron chi connectivity index (χ0n) is 16.8. The lowest BCUT2D eigenvalue weighted by Gasteiger charge is -2.36. The van der Waals surface area contributed by atoms with Gasteiger partial charge in [-0.3, -0.25) is 19.8 Å². The van der Waals surface area contributed by atoms with E-state index in [1.807, 2.05) is 19.1 Å². The number of carbonyl (C=O) groups excluding carboxylic acids is 1. The molecule has 3 aromatic rings. The summed E-state index contributed by atoms with van der Waals surface area (Å²) in [7, 11) is 0. The molecule has 0 saturated carbocycles. The number of nitrogens with zero attached hydrogens (tertiary/aromatic N) is 5. The molecule has 0 aliphatic carbocycles. The van der Waals surface area contributed by atoms with Gasteiger partial charge in [0.15, 0.2) is 0 Å². The van der Waals surface area contributed by atoms with Crippen molar-refractivity contribution >= 4 is 23.2 Å². The molecular weight excluding hydrogens is 422 g/mol. The van der Waals surface area contributed by atoms with Crippen molar-refractivity contribution in [3.05, 3.63) is 75.1 Å². The van der Waals surface area contributed by atoms with Gasteiger partial charge in [-0.15, -0.1) is 0 Å². The fourth-order valence-electron chi connectivity index (χ4n) is 3.57. The number of para-hydroxylation sites is 1. The van der Waals surface area contributed by atoms with Gasteiger partial charge in [0.05, 0.1) is 11.0 Å². The minimum absolute atomic E-state index is 0.110. The number of piperazine rings is 1. The highest BCUT2D eigenvalue weighted by atomic mass is 35.5. The second-order valence-corrected chi connectivity index (χ2v) is 7.68. The van der Waals surface area contributed by atoms with Gasteiger partial charge in [0.1, 0.15) is 5.56 Å². The van der Waals surface area contributed by atoms with Gasteiger partial charge in [0, 0.05) is 42.8 Å². The van der Waals surface area contributed by atoms with Crippen molar-refractivity contribution in [2.75, 3.05) is 26.2 Å². The van der Waals surface area contributed by atoms with Crippen LogP contribution in [0.1, 0.15) is 29.2 Å². The van der Waals surface area contributed by atoms with E-state index in [-0.39, 0.29) is 23.2 Å². The van der Waals surface area contributed by atoms with Crippen LogP contribution in [0.2, 0.25) is 5.02 Å². The van der Waals surface area contributed by atoms with Crippen LogP contribution in [-0.4, -0.2) is 56.9 Å². The van der Waals surface area contributed by atoms with Gasteiger partial charge in [-0.2, -0.15) is 4.98 Å². The van der Waals surface area contributed by atoms with E-state index in [0.717, 1.165) is 5.56 Å². The molecule has 2 heterocycles. The number of nitro groups is 1. The van der Waals surface area contributed by atoms with Gasteiger partial charge in [-0.05, 0) is 37.3 Å². The Morgan fingerprint density at radius 3 is 2.48 bits per heavy atom. The van der Waals surface area contributed by atoms with Gasteiger partial charge < -0.3 is 9.42 Å². The van der Waals surface area contributed by atoms with Crippen molar-refractivity contribution in [3.63, 3.8) is 0 Å². The third-order valence-electron chi connectivity index (χ3n) is 5.38. The first-order chi connectivity index (χ1) is 14.9. The van der Waals surface area contributed by atoms with E-state index in [9.17, 15) is 14.9 Å². The van der Waals surface area contributed by atoms with Crippen LogP contribution >= 0.6 is 11.6 Å². The first kappa shape index (κ1) is 21.0. The molecule has 0 N–H and O–H groups in total. The average Bonchev–Trinajstić information content (AvgIpc) is 3.29. The number of halogens is 1. The van der Waals surface area contributed by atoms with Crippen molar-refractivity contribution in [3.8, 4) is 11.4 Å². The summed E-state index contributed by atoms with van der Waals surface area (Å²) in [6.07, 6.45) is 0. The summed E-state index contributed by atoms with van der Waals surface area (Å²) in [4.78, 5) is 31.8. The van der Waals surface area contributed by atoms with E-state index in [1.165, 1.54) is 12.1 Å². The topological polar surface area (TPSA) is 106 Å². The average molecular weight is 442 g/mol. The summed E-state index contributed by atoms with van der Waals surface area (Å²) in [6, 6.07) is 13.1. The van der Waals surface area contributed by atoms with Gasteiger partial charge >= 0.3 is 0 Å². The fraction of sp³-hybridized carbons (Fsp3) is 0.286. The highest BCUT2D eigenvalue weighted by Gasteiger charge is 2.30. The van der Waals surface area contributed by atoms with Crippen molar-refractivity contribution in [2.24, 2.45) is 0 Å². The molecule has 1 aliphatic rings. The summed E-state index contributed by atoms with van der Waals surface area (Å²) in [5.74, 6) is 0.648. The van der Waals surface area contributed by atoms with E-state index in [1.54, 1.807) is 29.2 Å². The number of hydrogen-bond acceptors (Lipinski definition) is 7. The molecule has 4 rings (SSSR count). The van der Waals surface area contributed by atoms with Gasteiger partial charge in [-0.1, -0.05) is 28.9 Å². The summed E-state index contributed by atoms with van der Waals surface area (Å²) in [5, 5.41) is 15.9. The monoisotopic (exact) mass is 441 g/mol. The molecule has 0 radical (unpaired) electrons. The highest BCUT2D eigenvalue weighted by molar-refractivity contribution is 6.30. The second-order valence-electron chi connectivity index (χ2n) is 7.24. The maximum absolute atomic E-state index is 12.8. The lowest BCUT2D eigenvalue weighted by Crippen LogP contribution is -2.49. The zero-order valence-corrected chi connectivity index (χ0v) is 17.5. The molecule has 1 saturated heterocycles. The maximum Gasteiger partial charge on any atom is 0.282 e. The predicted octanol–water partition coefficient (Wildman–Crippen LogP) is 3.82. The van der Waals surface area contributed by atoms with Crippen LogP contribution in [-0.2, 0) is 0 Å². The molecular formula is C21H20ClN5O4. The Morgan fingerprint density at radius 2 is 1.81 bits per heavy atom. The van der Waals surface area contributed by atoms with Crippen LogP contribution in [0.5, 0.6) is 0 Å². The van der Waals surface area contributed by atoms with Gasteiger partial charge in [0.25, 0.3) is 11.6 Å². The fourth-order valence-corrected chi connectivity index (χ4v) is 3.70. The van der Waals surface area contributed by atoms with E-state index in [4.69, 9.17) is 16.1 Å². The third kappa shape index (κ3) is 4.42. The lowest BCUT2D eigenvalue weighted by molar-refractivity contribution is -0.385. The number of benzene rings is 2. The van der Waals surface area contributed by atoms with Crippen LogP contribution < -0.4 is 0 Å². The van der Waals surface area contributed by atoms with Crippen LogP contribution in [0.15, 0.2) is 53.1 Å². The van der Waals surface area contributed by atoms with Crippen LogP contribution in [0.3, 0.4) is 0 Å². The summed E-state index contributed by atoms with van der Waals surface area (Å²) in [5.41, 5.74) is 0.744. The van der Waals surface area contributed by atoms with Crippen molar-refractivity contribution in [1.82, 2.24) is 19.9 Å². The number of carbonyl (C=O) groups is 1. The molecule has 31 heavy (non-hydrogen) atoms. The molecule has 1 amide bonds. The first-order valence-corrected chi connectivity index (χ1v) is 10.2. The Balaban J connectivity index is 1.40. The quantitative estimate of drug-likeness (QED) is 0.437. The normalized spacial score (nSPS) is 15.6. The van der Waals surface area contributed by atoms with Crippen molar-refractivity contribution < 1.29 is 14.2 Å². The molecule has 0 spiro atoms. The molecule has 1 aliphatic heterocycles. The molecule has 160 valence electrons. The third-order valence-corrected chi connectivity index (χ3v) is 5.63. The molecule has 0 bridgehead atoms. The van der Waals surface area contributed by atoms with Crippen LogP contribution in [0, 0.1) is 10.1 Å². The van der Waals surface area contributed by atoms with Crippen LogP contribution in [0.25, 0.3) is 11.4 Å². The van der Waals surface area contributed by atoms with Crippen LogP contribution in [0.4, 0.5) is 5.69 Å². The summed E-state index contributed by atoms with van der Waals surface area (Å²) in [6.45, 7) is 4.05. The number of hydrogen-bond donors (Lipinski definition) is 0. The molecule has 1 unspecified atom stereocenters. The lowest BCUT2D eigenvalue weighted by atomic mass is 10.1. The van der Waals surface area contributed by atoms with E-state index < -0.39 is 4.92 Å². The van der Waals surface area contributed by atoms with Gasteiger partial charge in [-0.25, -0.2) is 0 Å². The van der Waals surface area contributed by atoms with E-state index >= 15 is 0 Å². The Labute approximate surface area is 183 Å². The van der Waals surface area contributed by atoms with E-state index in [0.29, 0.717) is 42.9 Å². The van der Waals surface area contributed by atoms with Crippen molar-refractivity contribution in [2.45, 2.75) is 13.0 Å². The second kappa shape index (κ2) is 8.83. The summed E-state index contributed by atoms with van der Waals surface area (Å²) < 4.78 is 5.46. The predicted molar refractivity (Wildman–Crippen MR) is 114 cm³/mol. The minimum atomic E-state index is -0.528. The Morgan fingerprint density at radius 1 is 1.13 bits per heavy atom. The SMILES string of the molecule is CC(c1nc(-c2ccc(Cl)cc2)no1)N1CCN(C(=O)c2ccccc2[N+](=O)[O-])CC1. The smallest absolute Gasteiger partial charge is 0.282 e. The Kier molecular flexibility index (Phi) is 5.97. The minimum Gasteiger partial charge on any atom is -0.337 e. The number of rotatable bonds is 5. The Hall–Kier alpha value is -3.30. The molecule has 1 atom stereocenters. The first-order valence-electron chi connectivity index (χ1n) is 9.80. The summed E-state index contributed by atoms with van der Waals surface area (Å²) >= 11 is 5.92. The largest absolute Gasteiger partial charge is 0.337 e. The zero-order chi connectivity index (χ0) is 22.0. The van der Waals surface area contributed by atoms with Gasteiger partial charge in [0.2, 0.25) is 11.7 Å².